The minimum Gasteiger partial charge on any atom is -0.497 e. The van der Waals surface area contributed by atoms with Crippen LogP contribution in [0.4, 0.5) is 0 Å². The van der Waals surface area contributed by atoms with Crippen LogP contribution in [0.5, 0.6) is 5.75 Å². The summed E-state index contributed by atoms with van der Waals surface area (Å²) in [5.41, 5.74) is 4.28. The molecule has 1 aliphatic heterocycles. The first-order valence-corrected chi connectivity index (χ1v) is 9.83. The van der Waals surface area contributed by atoms with Crippen molar-refractivity contribution >= 4 is 5.57 Å². The van der Waals surface area contributed by atoms with Gasteiger partial charge in [0.15, 0.2) is 0 Å². The van der Waals surface area contributed by atoms with E-state index in [0.29, 0.717) is 6.54 Å². The molecule has 0 spiro atoms. The maximum absolute atomic E-state index is 11.2. The molecule has 1 aliphatic rings. The average Bonchev–Trinajstić information content (AvgIpc) is 2.81. The molecular formula is C26H25NO2. The maximum atomic E-state index is 11.2. The second-order valence-corrected chi connectivity index (χ2v) is 7.11. The van der Waals surface area contributed by atoms with Gasteiger partial charge in [-0.1, -0.05) is 78.9 Å². The molecule has 146 valence electrons. The highest BCUT2D eigenvalue weighted by Crippen LogP contribution is 2.36. The van der Waals surface area contributed by atoms with Gasteiger partial charge in [0.2, 0.25) is 0 Å². The van der Waals surface area contributed by atoms with Crippen molar-refractivity contribution in [2.75, 3.05) is 13.7 Å². The van der Waals surface area contributed by atoms with E-state index in [1.807, 2.05) is 66.7 Å². The van der Waals surface area contributed by atoms with Gasteiger partial charge in [-0.15, -0.1) is 0 Å². The van der Waals surface area contributed by atoms with E-state index in [-0.39, 0.29) is 6.04 Å². The third-order valence-corrected chi connectivity index (χ3v) is 5.31. The number of nitrogens with zero attached hydrogens (tertiary/aromatic N) is 1. The lowest BCUT2D eigenvalue weighted by Gasteiger charge is -2.35. The molecule has 0 bridgehead atoms. The van der Waals surface area contributed by atoms with Crippen LogP contribution in [0.3, 0.4) is 0 Å². The first kappa shape index (κ1) is 19.0. The molecule has 3 heteroatoms. The summed E-state index contributed by atoms with van der Waals surface area (Å²) in [5, 5.41) is 11.2. The van der Waals surface area contributed by atoms with Crippen LogP contribution < -0.4 is 4.74 Å². The lowest BCUT2D eigenvalue weighted by molar-refractivity contribution is 0.0780. The van der Waals surface area contributed by atoms with Gasteiger partial charge in [0.25, 0.3) is 0 Å². The molecule has 0 unspecified atom stereocenters. The highest BCUT2D eigenvalue weighted by molar-refractivity contribution is 5.75. The van der Waals surface area contributed by atoms with Crippen LogP contribution >= 0.6 is 0 Å². The number of hydrogen-bond donors (Lipinski definition) is 1. The Morgan fingerprint density at radius 2 is 1.55 bits per heavy atom. The topological polar surface area (TPSA) is 32.7 Å². The number of allylic oxidation sites excluding steroid dienone is 2. The van der Waals surface area contributed by atoms with Crippen LogP contribution in [-0.4, -0.2) is 23.7 Å². The molecule has 0 radical (unpaired) electrons. The van der Waals surface area contributed by atoms with Crippen molar-refractivity contribution in [2.24, 2.45) is 0 Å². The highest BCUT2D eigenvalue weighted by atomic mass is 16.5. The van der Waals surface area contributed by atoms with Crippen molar-refractivity contribution in [1.29, 1.82) is 0 Å². The molecule has 0 saturated heterocycles. The standard InChI is InChI=1S/C26H25NO2/c1-29-24-14-8-13-23(19-24)20-15-17-27(18-16-20)25(21-9-4-2-5-10-21)26(28)22-11-6-3-7-12-22/h2-17,19,25-26,28H,18H2,1H3/t25-,26+/m1/s1. The summed E-state index contributed by atoms with van der Waals surface area (Å²) in [7, 11) is 1.68. The summed E-state index contributed by atoms with van der Waals surface area (Å²) in [6.45, 7) is 0.715. The van der Waals surface area contributed by atoms with Gasteiger partial charge in [0.05, 0.1) is 13.2 Å². The SMILES string of the molecule is COc1cccc(C2=CCN([C@H](c3ccccc3)[C@@H](O)c3ccccc3)C=C2)c1. The summed E-state index contributed by atoms with van der Waals surface area (Å²) >= 11 is 0. The smallest absolute Gasteiger partial charge is 0.119 e. The quantitative estimate of drug-likeness (QED) is 0.620. The second-order valence-electron chi connectivity index (χ2n) is 7.11. The van der Waals surface area contributed by atoms with Crippen LogP contribution in [0.15, 0.2) is 103 Å². The lowest BCUT2D eigenvalue weighted by atomic mass is 9.93. The van der Waals surface area contributed by atoms with Gasteiger partial charge >= 0.3 is 0 Å². The molecule has 2 atom stereocenters. The van der Waals surface area contributed by atoms with E-state index in [2.05, 4.69) is 41.5 Å². The zero-order chi connectivity index (χ0) is 20.1. The molecule has 0 fully saturated rings. The predicted molar refractivity (Wildman–Crippen MR) is 117 cm³/mol. The van der Waals surface area contributed by atoms with Crippen LogP contribution in [0.2, 0.25) is 0 Å². The van der Waals surface area contributed by atoms with Gasteiger partial charge in [-0.05, 0) is 40.5 Å². The number of aliphatic hydroxyl groups excluding tert-OH is 1. The molecule has 4 rings (SSSR count). The fourth-order valence-corrected chi connectivity index (χ4v) is 3.77. The van der Waals surface area contributed by atoms with Crippen molar-refractivity contribution in [2.45, 2.75) is 12.1 Å². The van der Waals surface area contributed by atoms with Gasteiger partial charge in [0.1, 0.15) is 11.9 Å². The molecule has 0 aromatic heterocycles. The monoisotopic (exact) mass is 383 g/mol. The van der Waals surface area contributed by atoms with E-state index in [0.717, 1.165) is 28.0 Å². The average molecular weight is 383 g/mol. The molecule has 29 heavy (non-hydrogen) atoms. The van der Waals surface area contributed by atoms with Gasteiger partial charge in [0, 0.05) is 12.7 Å². The Morgan fingerprint density at radius 1 is 0.862 bits per heavy atom. The van der Waals surface area contributed by atoms with Gasteiger partial charge in [-0.25, -0.2) is 0 Å². The lowest BCUT2D eigenvalue weighted by Crippen LogP contribution is -2.30. The second kappa shape index (κ2) is 8.80. The Kier molecular flexibility index (Phi) is 5.78. The first-order valence-electron chi connectivity index (χ1n) is 9.83. The van der Waals surface area contributed by atoms with E-state index >= 15 is 0 Å². The summed E-state index contributed by atoms with van der Waals surface area (Å²) in [4.78, 5) is 2.19. The molecule has 0 aliphatic carbocycles. The van der Waals surface area contributed by atoms with E-state index in [1.54, 1.807) is 7.11 Å². The van der Waals surface area contributed by atoms with E-state index in [4.69, 9.17) is 4.74 Å². The van der Waals surface area contributed by atoms with Crippen molar-refractivity contribution in [1.82, 2.24) is 4.90 Å². The zero-order valence-corrected chi connectivity index (χ0v) is 16.5. The molecule has 1 heterocycles. The van der Waals surface area contributed by atoms with E-state index < -0.39 is 6.10 Å². The fraction of sp³-hybridized carbons (Fsp3) is 0.154. The summed E-state index contributed by atoms with van der Waals surface area (Å²) in [6.07, 6.45) is 5.75. The maximum Gasteiger partial charge on any atom is 0.119 e. The molecule has 0 saturated carbocycles. The summed E-state index contributed by atoms with van der Waals surface area (Å²) in [6, 6.07) is 28.0. The summed E-state index contributed by atoms with van der Waals surface area (Å²) in [5.74, 6) is 0.848. The molecule has 0 amide bonds. The van der Waals surface area contributed by atoms with Gasteiger partial charge in [-0.2, -0.15) is 0 Å². The Morgan fingerprint density at radius 3 is 2.17 bits per heavy atom. The van der Waals surface area contributed by atoms with E-state index in [9.17, 15) is 5.11 Å². The van der Waals surface area contributed by atoms with Crippen molar-refractivity contribution in [3.05, 3.63) is 120 Å². The molecule has 3 nitrogen and oxygen atoms in total. The third-order valence-electron chi connectivity index (χ3n) is 5.31. The fourth-order valence-electron chi connectivity index (χ4n) is 3.77. The zero-order valence-electron chi connectivity index (χ0n) is 16.5. The third kappa shape index (κ3) is 4.25. The Hall–Kier alpha value is -3.30. The van der Waals surface area contributed by atoms with Crippen LogP contribution in [0.1, 0.15) is 28.8 Å². The minimum absolute atomic E-state index is 0.169. The van der Waals surface area contributed by atoms with Crippen LogP contribution in [0, 0.1) is 0 Å². The number of methoxy groups -OCH3 is 1. The summed E-state index contributed by atoms with van der Waals surface area (Å²) < 4.78 is 5.35. The minimum atomic E-state index is -0.630. The number of benzene rings is 3. The van der Waals surface area contributed by atoms with Crippen LogP contribution in [-0.2, 0) is 0 Å². The van der Waals surface area contributed by atoms with Gasteiger partial charge < -0.3 is 14.7 Å². The van der Waals surface area contributed by atoms with Gasteiger partial charge in [-0.3, -0.25) is 0 Å². The van der Waals surface area contributed by atoms with Crippen molar-refractivity contribution in [3.63, 3.8) is 0 Å². The number of hydrogen-bond acceptors (Lipinski definition) is 3. The molecular weight excluding hydrogens is 358 g/mol. The molecule has 3 aromatic carbocycles. The number of rotatable bonds is 6. The van der Waals surface area contributed by atoms with Crippen molar-refractivity contribution < 1.29 is 9.84 Å². The predicted octanol–water partition coefficient (Wildman–Crippen LogP) is 5.38. The number of aliphatic hydroxyl groups is 1. The Labute approximate surface area is 172 Å². The van der Waals surface area contributed by atoms with E-state index in [1.165, 1.54) is 0 Å². The molecule has 3 aromatic rings. The Bertz CT molecular complexity index is 995. The Balaban J connectivity index is 1.61. The van der Waals surface area contributed by atoms with Crippen LogP contribution in [0.25, 0.3) is 5.57 Å². The van der Waals surface area contributed by atoms with Crippen molar-refractivity contribution in [3.8, 4) is 5.75 Å². The largest absolute Gasteiger partial charge is 0.497 e. The highest BCUT2D eigenvalue weighted by Gasteiger charge is 2.27. The first-order chi connectivity index (χ1) is 14.3. The number of ether oxygens (including phenoxy) is 1. The molecule has 1 N–H and O–H groups in total. The normalized spacial score (nSPS) is 15.5.